The van der Waals surface area contributed by atoms with Crippen molar-refractivity contribution in [3.63, 3.8) is 0 Å². The van der Waals surface area contributed by atoms with Gasteiger partial charge >= 0.3 is 0 Å². The van der Waals surface area contributed by atoms with Crippen LogP contribution in [-0.2, 0) is 4.79 Å². The number of aryl methyl sites for hydroxylation is 1. The molecule has 1 amide bonds. The number of anilines is 1. The summed E-state index contributed by atoms with van der Waals surface area (Å²) < 4.78 is 5.13. The van der Waals surface area contributed by atoms with Gasteiger partial charge in [0.1, 0.15) is 11.2 Å². The van der Waals surface area contributed by atoms with Crippen molar-refractivity contribution in [1.29, 1.82) is 5.26 Å². The van der Waals surface area contributed by atoms with Gasteiger partial charge in [0, 0.05) is 5.69 Å². The lowest BCUT2D eigenvalue weighted by molar-refractivity contribution is -0.121. The summed E-state index contributed by atoms with van der Waals surface area (Å²) in [6.45, 7) is 5.06. The van der Waals surface area contributed by atoms with E-state index in [9.17, 15) is 4.79 Å². The van der Waals surface area contributed by atoms with Crippen LogP contribution in [-0.4, -0.2) is 13.0 Å². The molecule has 0 saturated carbocycles. The Labute approximate surface area is 101 Å². The Balaban J connectivity index is 2.88. The number of nitriles is 1. The molecule has 0 aliphatic rings. The summed E-state index contributed by atoms with van der Waals surface area (Å²) in [6.07, 6.45) is 0. The molecule has 17 heavy (non-hydrogen) atoms. The van der Waals surface area contributed by atoms with Crippen LogP contribution in [0.25, 0.3) is 0 Å². The molecule has 0 aromatic heterocycles. The van der Waals surface area contributed by atoms with Gasteiger partial charge in [0.05, 0.1) is 13.2 Å². The molecule has 1 aromatic rings. The van der Waals surface area contributed by atoms with Crippen molar-refractivity contribution in [3.8, 4) is 11.8 Å². The van der Waals surface area contributed by atoms with Gasteiger partial charge in [-0.1, -0.05) is 0 Å². The summed E-state index contributed by atoms with van der Waals surface area (Å²) in [5, 5.41) is 11.6. The van der Waals surface area contributed by atoms with Crippen LogP contribution in [0.5, 0.6) is 5.75 Å². The second-order valence-corrected chi connectivity index (χ2v) is 4.38. The number of carbonyl (C=O) groups is 1. The van der Waals surface area contributed by atoms with Gasteiger partial charge in [-0.15, -0.1) is 0 Å². The fraction of sp³-hybridized carbons (Fsp3) is 0.385. The zero-order valence-corrected chi connectivity index (χ0v) is 10.5. The Morgan fingerprint density at radius 2 is 2.12 bits per heavy atom. The summed E-state index contributed by atoms with van der Waals surface area (Å²) in [4.78, 5) is 11.8. The SMILES string of the molecule is COc1ccc(NC(=O)C(C)(C)C#N)cc1C. The molecule has 0 bridgehead atoms. The topological polar surface area (TPSA) is 62.1 Å². The third-order valence-corrected chi connectivity index (χ3v) is 2.50. The Kier molecular flexibility index (Phi) is 3.74. The lowest BCUT2D eigenvalue weighted by Crippen LogP contribution is -2.29. The third kappa shape index (κ3) is 2.97. The van der Waals surface area contributed by atoms with E-state index >= 15 is 0 Å². The maximum atomic E-state index is 11.8. The predicted octanol–water partition coefficient (Wildman–Crippen LogP) is 2.49. The molecule has 1 aromatic carbocycles. The van der Waals surface area contributed by atoms with Crippen LogP contribution >= 0.6 is 0 Å². The van der Waals surface area contributed by atoms with Crippen LogP contribution in [0.3, 0.4) is 0 Å². The van der Waals surface area contributed by atoms with E-state index in [1.807, 2.05) is 19.1 Å². The quantitative estimate of drug-likeness (QED) is 0.870. The first-order chi connectivity index (χ1) is 7.90. The maximum Gasteiger partial charge on any atom is 0.244 e. The molecule has 4 heteroatoms. The first kappa shape index (κ1) is 13.0. The highest BCUT2D eigenvalue weighted by atomic mass is 16.5. The number of benzene rings is 1. The second kappa shape index (κ2) is 4.88. The van der Waals surface area contributed by atoms with Crippen LogP contribution in [0.2, 0.25) is 0 Å². The van der Waals surface area contributed by atoms with E-state index in [1.54, 1.807) is 33.1 Å². The van der Waals surface area contributed by atoms with E-state index in [-0.39, 0.29) is 5.91 Å². The molecule has 0 spiro atoms. The number of hydrogen-bond acceptors (Lipinski definition) is 3. The van der Waals surface area contributed by atoms with Crippen molar-refractivity contribution in [2.45, 2.75) is 20.8 Å². The van der Waals surface area contributed by atoms with Gasteiger partial charge < -0.3 is 10.1 Å². The van der Waals surface area contributed by atoms with Gasteiger partial charge in [0.2, 0.25) is 5.91 Å². The number of hydrogen-bond donors (Lipinski definition) is 1. The molecule has 4 nitrogen and oxygen atoms in total. The molecule has 0 aliphatic carbocycles. The average Bonchev–Trinajstić information content (AvgIpc) is 2.29. The molecular formula is C13H16N2O2. The molecule has 0 unspecified atom stereocenters. The number of nitrogens with one attached hydrogen (secondary N) is 1. The highest BCUT2D eigenvalue weighted by Gasteiger charge is 2.27. The number of carbonyl (C=O) groups excluding carboxylic acids is 1. The summed E-state index contributed by atoms with van der Waals surface area (Å²) in [7, 11) is 1.60. The van der Waals surface area contributed by atoms with Gasteiger partial charge in [-0.05, 0) is 44.5 Å². The molecule has 90 valence electrons. The predicted molar refractivity (Wildman–Crippen MR) is 65.8 cm³/mol. The molecule has 0 heterocycles. The molecule has 0 saturated heterocycles. The molecule has 0 fully saturated rings. The van der Waals surface area contributed by atoms with Gasteiger partial charge in [-0.25, -0.2) is 0 Å². The molecule has 1 N–H and O–H groups in total. The maximum absolute atomic E-state index is 11.8. The molecule has 0 aliphatic heterocycles. The number of methoxy groups -OCH3 is 1. The Morgan fingerprint density at radius 3 is 2.59 bits per heavy atom. The number of nitrogens with zero attached hydrogens (tertiary/aromatic N) is 1. The molecule has 0 radical (unpaired) electrons. The minimum Gasteiger partial charge on any atom is -0.496 e. The smallest absolute Gasteiger partial charge is 0.244 e. The summed E-state index contributed by atoms with van der Waals surface area (Å²) in [5.41, 5.74) is 0.560. The van der Waals surface area contributed by atoms with E-state index in [1.165, 1.54) is 0 Å². The van der Waals surface area contributed by atoms with Gasteiger partial charge in [0.15, 0.2) is 0 Å². The van der Waals surface area contributed by atoms with E-state index < -0.39 is 5.41 Å². The van der Waals surface area contributed by atoms with E-state index in [4.69, 9.17) is 10.00 Å². The lowest BCUT2D eigenvalue weighted by Gasteiger charge is -2.15. The number of ether oxygens (including phenoxy) is 1. The summed E-state index contributed by atoms with van der Waals surface area (Å²) >= 11 is 0. The monoisotopic (exact) mass is 232 g/mol. The largest absolute Gasteiger partial charge is 0.496 e. The Bertz CT molecular complexity index is 473. The number of amides is 1. The van der Waals surface area contributed by atoms with E-state index in [2.05, 4.69) is 5.32 Å². The van der Waals surface area contributed by atoms with Crippen molar-refractivity contribution in [2.24, 2.45) is 5.41 Å². The fourth-order valence-electron chi connectivity index (χ4n) is 1.29. The second-order valence-electron chi connectivity index (χ2n) is 4.38. The highest BCUT2D eigenvalue weighted by Crippen LogP contribution is 2.23. The molecule has 1 rings (SSSR count). The normalized spacial score (nSPS) is 10.5. The average molecular weight is 232 g/mol. The van der Waals surface area contributed by atoms with Gasteiger partial charge in [-0.3, -0.25) is 4.79 Å². The van der Waals surface area contributed by atoms with E-state index in [0.717, 1.165) is 11.3 Å². The minimum atomic E-state index is -1.03. The zero-order chi connectivity index (χ0) is 13.1. The van der Waals surface area contributed by atoms with Crippen LogP contribution in [0.1, 0.15) is 19.4 Å². The molecule has 0 atom stereocenters. The Morgan fingerprint density at radius 1 is 1.47 bits per heavy atom. The summed E-state index contributed by atoms with van der Waals surface area (Å²) in [5.74, 6) is 0.451. The van der Waals surface area contributed by atoms with Crippen molar-refractivity contribution >= 4 is 11.6 Å². The van der Waals surface area contributed by atoms with Crippen LogP contribution in [0.4, 0.5) is 5.69 Å². The summed E-state index contributed by atoms with van der Waals surface area (Å²) in [6, 6.07) is 7.30. The van der Waals surface area contributed by atoms with Crippen LogP contribution in [0.15, 0.2) is 18.2 Å². The number of rotatable bonds is 3. The van der Waals surface area contributed by atoms with Crippen molar-refractivity contribution in [3.05, 3.63) is 23.8 Å². The fourth-order valence-corrected chi connectivity index (χ4v) is 1.29. The van der Waals surface area contributed by atoms with E-state index in [0.29, 0.717) is 5.69 Å². The van der Waals surface area contributed by atoms with Crippen LogP contribution in [0, 0.1) is 23.7 Å². The van der Waals surface area contributed by atoms with Gasteiger partial charge in [0.25, 0.3) is 0 Å². The van der Waals surface area contributed by atoms with Crippen molar-refractivity contribution in [2.75, 3.05) is 12.4 Å². The lowest BCUT2D eigenvalue weighted by atomic mass is 9.94. The standard InChI is InChI=1S/C13H16N2O2/c1-9-7-10(5-6-11(9)17-4)15-12(16)13(2,3)8-14/h5-7H,1-4H3,(H,15,16). The third-order valence-electron chi connectivity index (χ3n) is 2.50. The zero-order valence-electron chi connectivity index (χ0n) is 10.5. The van der Waals surface area contributed by atoms with Crippen molar-refractivity contribution in [1.82, 2.24) is 0 Å². The van der Waals surface area contributed by atoms with Gasteiger partial charge in [-0.2, -0.15) is 5.26 Å². The highest BCUT2D eigenvalue weighted by molar-refractivity contribution is 5.96. The van der Waals surface area contributed by atoms with Crippen molar-refractivity contribution < 1.29 is 9.53 Å². The first-order valence-corrected chi connectivity index (χ1v) is 5.28. The molecular weight excluding hydrogens is 216 g/mol. The Hall–Kier alpha value is -2.02. The van der Waals surface area contributed by atoms with Crippen LogP contribution < -0.4 is 10.1 Å². The first-order valence-electron chi connectivity index (χ1n) is 5.28. The minimum absolute atomic E-state index is 0.315.